The van der Waals surface area contributed by atoms with Gasteiger partial charge in [-0.1, -0.05) is 24.7 Å². The van der Waals surface area contributed by atoms with Crippen LogP contribution in [-0.4, -0.2) is 35.1 Å². The second kappa shape index (κ2) is 9.98. The van der Waals surface area contributed by atoms with Crippen molar-refractivity contribution >= 4 is 39.1 Å². The Bertz CT molecular complexity index is 1180. The molecule has 9 nitrogen and oxygen atoms in total. The van der Waals surface area contributed by atoms with Crippen molar-refractivity contribution in [3.63, 3.8) is 0 Å². The molecule has 0 saturated carbocycles. The van der Waals surface area contributed by atoms with Crippen molar-refractivity contribution in [3.05, 3.63) is 62.9 Å². The van der Waals surface area contributed by atoms with E-state index in [4.69, 9.17) is 9.47 Å². The van der Waals surface area contributed by atoms with E-state index in [1.54, 1.807) is 30.3 Å². The summed E-state index contributed by atoms with van der Waals surface area (Å²) in [7, 11) is 1.24. The van der Waals surface area contributed by atoms with E-state index in [-0.39, 0.29) is 17.0 Å². The molecule has 0 N–H and O–H groups in total. The molecule has 1 heterocycles. The molecule has 0 bridgehead atoms. The summed E-state index contributed by atoms with van der Waals surface area (Å²) in [4.78, 5) is 39.6. The minimum Gasteiger partial charge on any atom is -0.494 e. The van der Waals surface area contributed by atoms with Gasteiger partial charge in [0.15, 0.2) is 4.80 Å². The molecule has 0 radical (unpaired) electrons. The van der Waals surface area contributed by atoms with Crippen LogP contribution < -0.4 is 9.54 Å². The molecule has 10 heteroatoms. The van der Waals surface area contributed by atoms with E-state index in [1.807, 2.05) is 0 Å². The number of nitrogens with zero attached hydrogens (tertiary/aromatic N) is 3. The average molecular weight is 443 g/mol. The Balaban J connectivity index is 1.97. The van der Waals surface area contributed by atoms with Gasteiger partial charge in [-0.15, -0.1) is 0 Å². The Morgan fingerprint density at radius 2 is 1.94 bits per heavy atom. The number of ether oxygens (including phenoxy) is 2. The largest absolute Gasteiger partial charge is 0.494 e. The molecule has 162 valence electrons. The van der Waals surface area contributed by atoms with Gasteiger partial charge in [0.25, 0.3) is 11.6 Å². The van der Waals surface area contributed by atoms with Crippen LogP contribution in [0.15, 0.2) is 47.5 Å². The zero-order valence-corrected chi connectivity index (χ0v) is 17.9. The lowest BCUT2D eigenvalue weighted by atomic mass is 10.2. The van der Waals surface area contributed by atoms with Crippen molar-refractivity contribution < 1.29 is 24.0 Å². The fraction of sp³-hybridized carbons (Fsp3) is 0.286. The number of aromatic nitrogens is 1. The number of nitro groups is 1. The van der Waals surface area contributed by atoms with Crippen molar-refractivity contribution in [2.75, 3.05) is 13.7 Å². The highest BCUT2D eigenvalue weighted by molar-refractivity contribution is 7.16. The lowest BCUT2D eigenvalue weighted by Crippen LogP contribution is -2.22. The van der Waals surface area contributed by atoms with Crippen molar-refractivity contribution in [3.8, 4) is 5.75 Å². The predicted molar refractivity (Wildman–Crippen MR) is 115 cm³/mol. The molecule has 0 unspecified atom stereocenters. The Hall–Kier alpha value is -3.53. The lowest BCUT2D eigenvalue weighted by Gasteiger charge is -2.05. The number of hydrogen-bond donors (Lipinski definition) is 0. The van der Waals surface area contributed by atoms with Gasteiger partial charge in [0, 0.05) is 17.7 Å². The number of carbonyl (C=O) groups excluding carboxylic acids is 2. The highest BCUT2D eigenvalue weighted by Crippen LogP contribution is 2.23. The molecule has 3 rings (SSSR count). The fourth-order valence-electron chi connectivity index (χ4n) is 2.78. The smallest absolute Gasteiger partial charge is 0.325 e. The number of thiazole rings is 1. The molecule has 1 aromatic heterocycles. The van der Waals surface area contributed by atoms with Crippen molar-refractivity contribution in [1.82, 2.24) is 4.57 Å². The van der Waals surface area contributed by atoms with Gasteiger partial charge in [-0.25, -0.2) is 0 Å². The quantitative estimate of drug-likeness (QED) is 0.227. The second-order valence-corrected chi connectivity index (χ2v) is 7.61. The van der Waals surface area contributed by atoms with Gasteiger partial charge in [-0.2, -0.15) is 4.99 Å². The van der Waals surface area contributed by atoms with Crippen LogP contribution in [-0.2, 0) is 16.1 Å². The number of unbranched alkanes of at least 4 members (excludes halogenated alkanes) is 1. The monoisotopic (exact) mass is 443 g/mol. The summed E-state index contributed by atoms with van der Waals surface area (Å²) >= 11 is 1.16. The first kappa shape index (κ1) is 22.2. The molecule has 0 aliphatic rings. The van der Waals surface area contributed by atoms with Crippen LogP contribution in [0.4, 0.5) is 5.69 Å². The molecule has 0 aliphatic heterocycles. The normalized spacial score (nSPS) is 11.5. The number of hydrogen-bond acceptors (Lipinski definition) is 7. The van der Waals surface area contributed by atoms with E-state index in [9.17, 15) is 19.7 Å². The summed E-state index contributed by atoms with van der Waals surface area (Å²) in [6.07, 6.45) is 1.97. The molecule has 2 aromatic carbocycles. The van der Waals surface area contributed by atoms with Crippen LogP contribution in [0.25, 0.3) is 10.2 Å². The summed E-state index contributed by atoms with van der Waals surface area (Å²) in [5, 5.41) is 11.1. The molecular weight excluding hydrogens is 422 g/mol. The number of methoxy groups -OCH3 is 1. The lowest BCUT2D eigenvalue weighted by molar-refractivity contribution is -0.384. The molecule has 0 spiro atoms. The van der Waals surface area contributed by atoms with Crippen LogP contribution in [0, 0.1) is 10.1 Å². The van der Waals surface area contributed by atoms with Gasteiger partial charge >= 0.3 is 5.97 Å². The maximum Gasteiger partial charge on any atom is 0.325 e. The Labute approximate surface area is 181 Å². The average Bonchev–Trinajstić information content (AvgIpc) is 3.10. The van der Waals surface area contributed by atoms with Crippen LogP contribution in [0.3, 0.4) is 0 Å². The maximum atomic E-state index is 12.7. The van der Waals surface area contributed by atoms with E-state index >= 15 is 0 Å². The number of benzene rings is 2. The summed E-state index contributed by atoms with van der Waals surface area (Å²) in [5.74, 6) is -0.395. The molecule has 0 aliphatic carbocycles. The second-order valence-electron chi connectivity index (χ2n) is 6.60. The number of nitro benzene ring substituents is 1. The topological polar surface area (TPSA) is 113 Å². The van der Waals surface area contributed by atoms with E-state index < -0.39 is 16.8 Å². The highest BCUT2D eigenvalue weighted by Gasteiger charge is 2.16. The van der Waals surface area contributed by atoms with Gasteiger partial charge in [-0.05, 0) is 36.8 Å². The first-order chi connectivity index (χ1) is 14.9. The number of rotatable bonds is 8. The Morgan fingerprint density at radius 1 is 1.19 bits per heavy atom. The first-order valence-electron chi connectivity index (χ1n) is 9.59. The number of carbonyl (C=O) groups is 2. The van der Waals surface area contributed by atoms with Crippen LogP contribution >= 0.6 is 11.3 Å². The number of fused-ring (bicyclic) bond motifs is 1. The van der Waals surface area contributed by atoms with Crippen LogP contribution in [0.1, 0.15) is 30.1 Å². The minimum absolute atomic E-state index is 0.125. The molecule has 0 atom stereocenters. The van der Waals surface area contributed by atoms with E-state index in [0.717, 1.165) is 24.2 Å². The van der Waals surface area contributed by atoms with Gasteiger partial charge in [0.1, 0.15) is 12.3 Å². The number of esters is 1. The molecule has 0 saturated heterocycles. The van der Waals surface area contributed by atoms with Crippen LogP contribution in [0.5, 0.6) is 5.75 Å². The minimum atomic E-state index is -0.561. The zero-order chi connectivity index (χ0) is 22.4. The molecular formula is C21H21N3O6S. The number of non-ortho nitro benzene ring substituents is 1. The standard InChI is InChI=1S/C21H21N3O6S/c1-3-4-11-30-16-8-5-14(6-9-16)20(26)22-21-23(13-19(25)29-2)17-12-15(24(27)28)7-10-18(17)31-21/h5-10,12H,3-4,11,13H2,1-2H3. The van der Waals surface area contributed by atoms with Crippen molar-refractivity contribution in [2.45, 2.75) is 26.3 Å². The van der Waals surface area contributed by atoms with Gasteiger partial charge in [0.05, 0.1) is 28.9 Å². The summed E-state index contributed by atoms with van der Waals surface area (Å²) in [5.41, 5.74) is 0.659. The SMILES string of the molecule is CCCCOc1ccc(C(=O)N=c2sc3ccc([N+](=O)[O-])cc3n2CC(=O)OC)cc1. The van der Waals surface area contributed by atoms with Crippen molar-refractivity contribution in [1.29, 1.82) is 0 Å². The maximum absolute atomic E-state index is 12.7. The van der Waals surface area contributed by atoms with Crippen molar-refractivity contribution in [2.24, 2.45) is 4.99 Å². The molecule has 0 fully saturated rings. The Kier molecular flexibility index (Phi) is 7.14. The number of amides is 1. The summed E-state index contributed by atoms with van der Waals surface area (Å²) in [6, 6.07) is 10.9. The van der Waals surface area contributed by atoms with E-state index in [2.05, 4.69) is 11.9 Å². The third kappa shape index (κ3) is 5.34. The predicted octanol–water partition coefficient (Wildman–Crippen LogP) is 3.70. The fourth-order valence-corrected chi connectivity index (χ4v) is 3.79. The van der Waals surface area contributed by atoms with E-state index in [1.165, 1.54) is 23.8 Å². The van der Waals surface area contributed by atoms with Gasteiger partial charge in [-0.3, -0.25) is 19.7 Å². The first-order valence-corrected chi connectivity index (χ1v) is 10.4. The van der Waals surface area contributed by atoms with Crippen LogP contribution in [0.2, 0.25) is 0 Å². The van der Waals surface area contributed by atoms with E-state index in [0.29, 0.717) is 28.1 Å². The Morgan fingerprint density at radius 3 is 2.58 bits per heavy atom. The summed E-state index contributed by atoms with van der Waals surface area (Å²) < 4.78 is 12.4. The third-order valence-corrected chi connectivity index (χ3v) is 5.52. The zero-order valence-electron chi connectivity index (χ0n) is 17.1. The highest BCUT2D eigenvalue weighted by atomic mass is 32.1. The molecule has 3 aromatic rings. The molecule has 1 amide bonds. The van der Waals surface area contributed by atoms with Gasteiger partial charge < -0.3 is 14.0 Å². The third-order valence-electron chi connectivity index (χ3n) is 4.46. The summed E-state index contributed by atoms with van der Waals surface area (Å²) in [6.45, 7) is 2.45. The molecule has 31 heavy (non-hydrogen) atoms. The van der Waals surface area contributed by atoms with Gasteiger partial charge in [0.2, 0.25) is 0 Å².